The molecular formula is C17H23ClN2O3. The lowest BCUT2D eigenvalue weighted by Crippen LogP contribution is -2.61. The van der Waals surface area contributed by atoms with E-state index in [1.165, 1.54) is 12.8 Å². The number of cyclic esters (lactones) is 1. The molecule has 2 unspecified atom stereocenters. The molecule has 4 heterocycles. The maximum Gasteiger partial charge on any atom is 0.338 e. The highest BCUT2D eigenvalue weighted by atomic mass is 35.5. The van der Waals surface area contributed by atoms with Crippen LogP contribution in [0, 0.1) is 6.92 Å². The molecule has 0 amide bonds. The zero-order valence-corrected chi connectivity index (χ0v) is 14.1. The fourth-order valence-corrected chi connectivity index (χ4v) is 4.07. The van der Waals surface area contributed by atoms with Crippen LogP contribution in [-0.2, 0) is 11.3 Å². The number of hydrogen-bond donors (Lipinski definition) is 2. The monoisotopic (exact) mass is 338 g/mol. The van der Waals surface area contributed by atoms with Crippen molar-refractivity contribution in [2.24, 2.45) is 0 Å². The van der Waals surface area contributed by atoms with Gasteiger partial charge in [0.1, 0.15) is 6.61 Å². The van der Waals surface area contributed by atoms with E-state index < -0.39 is 6.10 Å². The number of benzene rings is 1. The smallest absolute Gasteiger partial charge is 0.338 e. The van der Waals surface area contributed by atoms with Crippen LogP contribution in [0.15, 0.2) is 12.1 Å². The predicted molar refractivity (Wildman–Crippen MR) is 88.9 cm³/mol. The Hall–Kier alpha value is -1.14. The number of aliphatic hydroxyl groups is 1. The zero-order valence-electron chi connectivity index (χ0n) is 13.2. The standard InChI is InChI=1S/C17H22N2O3.ClH/c1-10-13(4-5-14-15(10)9-22-17(14)21)16(20)8-19-7-11-2-3-12(19)6-18-11;/h4-5,11-12,16,18,20H,2-3,6-9H2,1H3;1H/t11?,12?,16-;/m0./s1. The molecule has 0 aliphatic carbocycles. The lowest BCUT2D eigenvalue weighted by molar-refractivity contribution is 0.0285. The lowest BCUT2D eigenvalue weighted by atomic mass is 9.91. The van der Waals surface area contributed by atoms with Gasteiger partial charge in [-0.3, -0.25) is 4.90 Å². The molecule has 0 radical (unpaired) electrons. The number of esters is 1. The molecule has 5 nitrogen and oxygen atoms in total. The molecule has 126 valence electrons. The summed E-state index contributed by atoms with van der Waals surface area (Å²) in [5, 5.41) is 14.2. The molecular weight excluding hydrogens is 316 g/mol. The van der Waals surface area contributed by atoms with E-state index in [4.69, 9.17) is 4.74 Å². The fraction of sp³-hybridized carbons (Fsp3) is 0.588. The molecule has 0 aromatic heterocycles. The minimum absolute atomic E-state index is 0. The summed E-state index contributed by atoms with van der Waals surface area (Å²) in [6, 6.07) is 4.79. The van der Waals surface area contributed by atoms with Crippen LogP contribution in [0.2, 0.25) is 0 Å². The van der Waals surface area contributed by atoms with Gasteiger partial charge in [-0.2, -0.15) is 0 Å². The topological polar surface area (TPSA) is 61.8 Å². The second-order valence-electron chi connectivity index (χ2n) is 6.69. The molecule has 0 spiro atoms. The van der Waals surface area contributed by atoms with Crippen molar-refractivity contribution in [2.75, 3.05) is 19.6 Å². The van der Waals surface area contributed by atoms with E-state index in [1.54, 1.807) is 6.07 Å². The summed E-state index contributed by atoms with van der Waals surface area (Å²) in [7, 11) is 0. The average Bonchev–Trinajstić information content (AvgIpc) is 2.91. The Morgan fingerprint density at radius 1 is 1.43 bits per heavy atom. The number of rotatable bonds is 3. The summed E-state index contributed by atoms with van der Waals surface area (Å²) in [6.07, 6.45) is 1.95. The maximum atomic E-state index is 11.6. The molecule has 3 saturated heterocycles. The Bertz CT molecular complexity index is 614. The van der Waals surface area contributed by atoms with Gasteiger partial charge in [0.25, 0.3) is 0 Å². The summed E-state index contributed by atoms with van der Waals surface area (Å²) >= 11 is 0. The lowest BCUT2D eigenvalue weighted by Gasteiger charge is -2.46. The number of piperazine rings is 1. The van der Waals surface area contributed by atoms with Gasteiger partial charge in [-0.1, -0.05) is 6.07 Å². The molecule has 2 bridgehead atoms. The molecule has 1 aromatic rings. The van der Waals surface area contributed by atoms with Crippen LogP contribution < -0.4 is 5.32 Å². The summed E-state index contributed by atoms with van der Waals surface area (Å²) < 4.78 is 5.09. The van der Waals surface area contributed by atoms with Gasteiger partial charge in [0.05, 0.1) is 11.7 Å². The molecule has 4 aliphatic heterocycles. The van der Waals surface area contributed by atoms with E-state index in [-0.39, 0.29) is 18.4 Å². The number of ether oxygens (including phenoxy) is 1. The minimum Gasteiger partial charge on any atom is -0.457 e. The first kappa shape index (κ1) is 16.7. The van der Waals surface area contributed by atoms with Crippen molar-refractivity contribution in [3.05, 3.63) is 34.4 Å². The van der Waals surface area contributed by atoms with Gasteiger partial charge in [-0.15, -0.1) is 12.4 Å². The van der Waals surface area contributed by atoms with Crippen molar-refractivity contribution < 1.29 is 14.6 Å². The van der Waals surface area contributed by atoms with Gasteiger partial charge in [0.2, 0.25) is 0 Å². The molecule has 3 fully saturated rings. The van der Waals surface area contributed by atoms with Gasteiger partial charge >= 0.3 is 5.97 Å². The molecule has 3 atom stereocenters. The highest BCUT2D eigenvalue weighted by Crippen LogP contribution is 2.31. The molecule has 4 aliphatic rings. The maximum absolute atomic E-state index is 11.6. The molecule has 23 heavy (non-hydrogen) atoms. The van der Waals surface area contributed by atoms with Gasteiger partial charge < -0.3 is 15.2 Å². The third-order valence-corrected chi connectivity index (χ3v) is 5.44. The van der Waals surface area contributed by atoms with Crippen LogP contribution in [0.1, 0.15) is 46.0 Å². The third-order valence-electron chi connectivity index (χ3n) is 5.44. The number of aliphatic hydroxyl groups excluding tert-OH is 1. The van der Waals surface area contributed by atoms with Crippen LogP contribution in [0.4, 0.5) is 0 Å². The number of nitrogens with one attached hydrogen (secondary N) is 1. The molecule has 5 rings (SSSR count). The highest BCUT2D eigenvalue weighted by molar-refractivity contribution is 5.93. The van der Waals surface area contributed by atoms with Crippen molar-refractivity contribution in [3.63, 3.8) is 0 Å². The van der Waals surface area contributed by atoms with Crippen LogP contribution in [0.25, 0.3) is 0 Å². The molecule has 2 N–H and O–H groups in total. The normalized spacial score (nSPS) is 27.3. The van der Waals surface area contributed by atoms with Crippen LogP contribution >= 0.6 is 12.4 Å². The van der Waals surface area contributed by atoms with Crippen LogP contribution in [0.3, 0.4) is 0 Å². The van der Waals surface area contributed by atoms with Crippen LogP contribution in [0.5, 0.6) is 0 Å². The summed E-state index contributed by atoms with van der Waals surface area (Å²) in [5.41, 5.74) is 3.50. The number of carbonyl (C=O) groups excluding carboxylic acids is 1. The number of carbonyl (C=O) groups is 1. The Balaban J connectivity index is 0.00000156. The van der Waals surface area contributed by atoms with Crippen molar-refractivity contribution in [3.8, 4) is 0 Å². The molecule has 0 saturated carbocycles. The Kier molecular flexibility index (Phi) is 4.65. The van der Waals surface area contributed by atoms with E-state index in [2.05, 4.69) is 10.2 Å². The Morgan fingerprint density at radius 2 is 2.26 bits per heavy atom. The average molecular weight is 339 g/mol. The predicted octanol–water partition coefficient (Wildman–Crippen LogP) is 1.56. The SMILES string of the molecule is Cc1c([C@@H](O)CN2CC3CCC2CN3)ccc2c1COC2=O.Cl. The summed E-state index contributed by atoms with van der Waals surface area (Å²) in [5.74, 6) is -0.251. The number of hydrogen-bond acceptors (Lipinski definition) is 5. The first-order chi connectivity index (χ1) is 10.6. The second-order valence-corrected chi connectivity index (χ2v) is 6.69. The van der Waals surface area contributed by atoms with Gasteiger partial charge in [0.15, 0.2) is 0 Å². The number of fused-ring (bicyclic) bond motifs is 4. The van der Waals surface area contributed by atoms with Gasteiger partial charge in [-0.25, -0.2) is 4.79 Å². The van der Waals surface area contributed by atoms with Crippen molar-refractivity contribution >= 4 is 18.4 Å². The van der Waals surface area contributed by atoms with Gasteiger partial charge in [0, 0.05) is 37.3 Å². The number of piperidine rings is 2. The van der Waals surface area contributed by atoms with E-state index in [1.807, 2.05) is 13.0 Å². The Morgan fingerprint density at radius 3 is 2.91 bits per heavy atom. The van der Waals surface area contributed by atoms with E-state index in [9.17, 15) is 9.90 Å². The summed E-state index contributed by atoms with van der Waals surface area (Å²) in [4.78, 5) is 14.0. The Labute approximate surface area is 142 Å². The third kappa shape index (κ3) is 2.87. The first-order valence-electron chi connectivity index (χ1n) is 8.08. The molecule has 6 heteroatoms. The van der Waals surface area contributed by atoms with Crippen LogP contribution in [-0.4, -0.2) is 47.7 Å². The number of nitrogens with zero attached hydrogens (tertiary/aromatic N) is 1. The van der Waals surface area contributed by atoms with E-state index in [0.717, 1.165) is 29.8 Å². The number of halogens is 1. The summed E-state index contributed by atoms with van der Waals surface area (Å²) in [6.45, 7) is 5.02. The minimum atomic E-state index is -0.514. The van der Waals surface area contributed by atoms with Crippen molar-refractivity contribution in [1.82, 2.24) is 10.2 Å². The zero-order chi connectivity index (χ0) is 15.3. The van der Waals surface area contributed by atoms with Crippen molar-refractivity contribution in [2.45, 2.75) is 44.6 Å². The quantitative estimate of drug-likeness (QED) is 0.819. The van der Waals surface area contributed by atoms with Gasteiger partial charge in [-0.05, 0) is 37.0 Å². The van der Waals surface area contributed by atoms with Crippen molar-refractivity contribution in [1.29, 1.82) is 0 Å². The van der Waals surface area contributed by atoms with E-state index in [0.29, 0.717) is 30.8 Å². The fourth-order valence-electron chi connectivity index (χ4n) is 4.07. The second kappa shape index (κ2) is 6.40. The van der Waals surface area contributed by atoms with E-state index >= 15 is 0 Å². The largest absolute Gasteiger partial charge is 0.457 e. The highest BCUT2D eigenvalue weighted by Gasteiger charge is 2.35. The first-order valence-corrected chi connectivity index (χ1v) is 8.08. The molecule has 1 aromatic carbocycles.